The van der Waals surface area contributed by atoms with E-state index < -0.39 is 41.2 Å². The number of carbonyl (C=O) groups excluding carboxylic acids is 1. The fourth-order valence-electron chi connectivity index (χ4n) is 4.69. The highest BCUT2D eigenvalue weighted by atomic mass is 79.9. The average molecular weight is 715 g/mol. The lowest BCUT2D eigenvalue weighted by Gasteiger charge is -2.31. The quantitative estimate of drug-likeness (QED) is 0.0501. The Morgan fingerprint density at radius 2 is 1.65 bits per heavy atom. The molecule has 0 aromatic heterocycles. The molecular weight excluding hydrogens is 681 g/mol. The van der Waals surface area contributed by atoms with Crippen molar-refractivity contribution >= 4 is 58.4 Å². The molecule has 2 aromatic rings. The first-order valence-corrected chi connectivity index (χ1v) is 15.3. The zero-order valence-corrected chi connectivity index (χ0v) is 26.9. The van der Waals surface area contributed by atoms with Crippen LogP contribution in [0.4, 0.5) is 37.6 Å². The molecule has 0 amide bonds. The molecule has 0 radical (unpaired) electrons. The van der Waals surface area contributed by atoms with Crippen LogP contribution in [0.3, 0.4) is 0 Å². The third kappa shape index (κ3) is 10.2. The lowest BCUT2D eigenvalue weighted by Crippen LogP contribution is -2.49. The molecule has 1 heterocycles. The largest absolute Gasteiger partial charge is 0.650 e. The number of aryl methyl sites for hydroxylation is 1. The average Bonchev–Trinajstić information content (AvgIpc) is 3.00. The number of aliphatic carboxylic acids is 1. The highest BCUT2D eigenvalue weighted by molar-refractivity contribution is 9.12. The monoisotopic (exact) mass is 714 g/mol. The number of ketones is 1. The summed E-state index contributed by atoms with van der Waals surface area (Å²) in [6.07, 6.45) is 2.63. The van der Waals surface area contributed by atoms with E-state index in [4.69, 9.17) is 5.11 Å². The number of halogens is 7. The van der Waals surface area contributed by atoms with E-state index in [2.05, 4.69) is 25.5 Å². The topological polar surface area (TPSA) is 70.1 Å². The Kier molecular flexibility index (Phi) is 13.0. The molecule has 0 bridgehead atoms. The Morgan fingerprint density at radius 3 is 2.28 bits per heavy atom. The van der Waals surface area contributed by atoms with Gasteiger partial charge >= 0.3 is 25.2 Å². The zero-order chi connectivity index (χ0) is 34.1. The molecule has 0 saturated heterocycles. The predicted octanol–water partition coefficient (Wildman–Crippen LogP) is 8.26. The van der Waals surface area contributed by atoms with E-state index in [0.29, 0.717) is 17.5 Å². The van der Waals surface area contributed by atoms with Gasteiger partial charge in [-0.1, -0.05) is 36.8 Å². The molecule has 6 nitrogen and oxygen atoms in total. The fraction of sp³-hybridized carbons (Fsp3) is 0.375. The van der Waals surface area contributed by atoms with Crippen LogP contribution in [0, 0.1) is 0 Å². The molecule has 2 aromatic carbocycles. The van der Waals surface area contributed by atoms with Crippen LogP contribution in [0.2, 0.25) is 0 Å². The van der Waals surface area contributed by atoms with Crippen LogP contribution in [0.15, 0.2) is 64.9 Å². The number of carboxylic acid groups (broad SMARTS) is 1. The predicted molar refractivity (Wildman–Crippen MR) is 172 cm³/mol. The number of nitrogens with zero attached hydrogens (tertiary/aromatic N) is 2. The first-order chi connectivity index (χ1) is 21.6. The standard InChI is InChI=1S/C32H34BBrF6N2O4/c1-41(2)25-14-9-22(10-15-25)13-18-28(46-33(40)31(35,36)32(37,38)39)30(34)27(43)17-12-23-11-16-26-24(21-23)7-6-20-42(26)19-5-3-4-8-29(44)45/h9-18,21H,3-8,19-20H2,1-2H3,(H,44,45)/b17-12+,18-13+,30-28+. The Balaban J connectivity index is 1.81. The van der Waals surface area contributed by atoms with Crippen molar-refractivity contribution in [2.45, 2.75) is 50.5 Å². The van der Waals surface area contributed by atoms with Gasteiger partial charge in [0.05, 0.1) is 0 Å². The van der Waals surface area contributed by atoms with Gasteiger partial charge in [0, 0.05) is 45.0 Å². The van der Waals surface area contributed by atoms with E-state index in [9.17, 15) is 35.9 Å². The molecule has 14 heteroatoms. The maximum absolute atomic E-state index is 14.3. The number of allylic oxidation sites excluding steroid dienone is 3. The third-order valence-electron chi connectivity index (χ3n) is 7.23. The summed E-state index contributed by atoms with van der Waals surface area (Å²) in [5.74, 6) is -8.36. The molecule has 0 spiro atoms. The van der Waals surface area contributed by atoms with Gasteiger partial charge in [0.25, 0.3) is 0 Å². The van der Waals surface area contributed by atoms with Crippen molar-refractivity contribution in [3.63, 3.8) is 0 Å². The summed E-state index contributed by atoms with van der Waals surface area (Å²) in [4.78, 5) is 27.7. The van der Waals surface area contributed by atoms with Gasteiger partial charge in [-0.05, 0) is 94.7 Å². The molecule has 0 saturated carbocycles. The van der Waals surface area contributed by atoms with Gasteiger partial charge in [0.1, 0.15) is 10.2 Å². The van der Waals surface area contributed by atoms with Crippen LogP contribution in [0.1, 0.15) is 48.8 Å². The van der Waals surface area contributed by atoms with Crippen molar-refractivity contribution in [3.8, 4) is 0 Å². The Labute approximate surface area is 272 Å². The van der Waals surface area contributed by atoms with Crippen molar-refractivity contribution in [3.05, 3.63) is 81.5 Å². The lowest BCUT2D eigenvalue weighted by molar-refractivity contribution is -0.252. The Morgan fingerprint density at radius 1 is 1.00 bits per heavy atom. The molecule has 0 atom stereocenters. The second kappa shape index (κ2) is 16.2. The van der Waals surface area contributed by atoms with Crippen molar-refractivity contribution in [2.75, 3.05) is 37.0 Å². The number of rotatable bonds is 15. The summed E-state index contributed by atoms with van der Waals surface area (Å²) >= 11 is 2.91. The molecule has 1 N–H and O–H groups in total. The summed E-state index contributed by atoms with van der Waals surface area (Å²) in [6, 6.07) is 12.3. The number of alkyl halides is 5. The highest BCUT2D eigenvalue weighted by Gasteiger charge is 2.69. The molecule has 0 aliphatic carbocycles. The van der Waals surface area contributed by atoms with E-state index in [1.54, 1.807) is 30.3 Å². The number of carboxylic acids is 1. The highest BCUT2D eigenvalue weighted by Crippen LogP contribution is 2.39. The Bertz CT molecular complexity index is 1460. The van der Waals surface area contributed by atoms with Crippen molar-refractivity contribution in [1.29, 1.82) is 0 Å². The van der Waals surface area contributed by atoms with Gasteiger partial charge in [0.15, 0.2) is 5.78 Å². The van der Waals surface area contributed by atoms with Crippen LogP contribution >= 0.6 is 15.9 Å². The number of fused-ring (bicyclic) bond motifs is 1. The van der Waals surface area contributed by atoms with Crippen LogP contribution in [-0.4, -0.2) is 63.2 Å². The van der Waals surface area contributed by atoms with Crippen molar-refractivity contribution < 1.29 is 45.6 Å². The van der Waals surface area contributed by atoms with E-state index in [-0.39, 0.29) is 6.42 Å². The summed E-state index contributed by atoms with van der Waals surface area (Å²) in [5, 5.41) is 8.80. The van der Waals surface area contributed by atoms with Gasteiger partial charge in [-0.15, -0.1) is 0 Å². The van der Waals surface area contributed by atoms with E-state index in [1.807, 2.05) is 31.1 Å². The lowest BCUT2D eigenvalue weighted by atomic mass is 9.82. The van der Waals surface area contributed by atoms with E-state index in [1.165, 1.54) is 12.2 Å². The third-order valence-corrected chi connectivity index (χ3v) is 8.01. The summed E-state index contributed by atoms with van der Waals surface area (Å²) < 4.78 is 83.9. The van der Waals surface area contributed by atoms with Gasteiger partial charge in [-0.25, -0.2) is 0 Å². The summed E-state index contributed by atoms with van der Waals surface area (Å²) in [5.41, 5.74) is 4.04. The minimum Gasteiger partial charge on any atom is -0.528 e. The second-order valence-corrected chi connectivity index (χ2v) is 11.7. The number of anilines is 2. The number of hydrogen-bond donors (Lipinski definition) is 1. The van der Waals surface area contributed by atoms with Gasteiger partial charge in [0.2, 0.25) is 0 Å². The van der Waals surface area contributed by atoms with Crippen LogP contribution in [0.25, 0.3) is 12.2 Å². The number of unbranched alkanes of at least 4 members (excludes halogenated alkanes) is 2. The molecule has 1 aliphatic rings. The SMILES string of the molecule is CN(C)c1ccc(/C=C/C(OB(F)C(F)(F)C(F)(F)F)=C(\Br)C(=O)/C=C/c2ccc3c(c2)CCCN3CCCCCC(=O)O)cc1. The van der Waals surface area contributed by atoms with Gasteiger partial charge < -0.3 is 19.6 Å². The van der Waals surface area contributed by atoms with Crippen LogP contribution in [-0.2, 0) is 20.7 Å². The molecule has 0 fully saturated rings. The van der Waals surface area contributed by atoms with E-state index >= 15 is 0 Å². The number of benzene rings is 2. The fourth-order valence-corrected chi connectivity index (χ4v) is 5.04. The van der Waals surface area contributed by atoms with Crippen molar-refractivity contribution in [2.24, 2.45) is 0 Å². The molecule has 0 unspecified atom stereocenters. The first-order valence-electron chi connectivity index (χ1n) is 14.5. The van der Waals surface area contributed by atoms with Crippen LogP contribution < -0.4 is 9.80 Å². The zero-order valence-electron chi connectivity index (χ0n) is 25.3. The van der Waals surface area contributed by atoms with E-state index in [0.717, 1.165) is 67.9 Å². The van der Waals surface area contributed by atoms with Crippen molar-refractivity contribution in [1.82, 2.24) is 0 Å². The summed E-state index contributed by atoms with van der Waals surface area (Å²) in [6.45, 7) is 1.63. The Hall–Kier alpha value is -3.68. The molecule has 3 rings (SSSR count). The normalized spacial score (nSPS) is 14.3. The minimum atomic E-state index is -6.22. The maximum atomic E-state index is 14.3. The molecule has 1 aliphatic heterocycles. The molecule has 248 valence electrons. The summed E-state index contributed by atoms with van der Waals surface area (Å²) in [7, 11) is -0.493. The van der Waals surface area contributed by atoms with Gasteiger partial charge in [-0.2, -0.15) is 22.0 Å². The second-order valence-electron chi connectivity index (χ2n) is 10.9. The molecular formula is C32H34BBrF6N2O4. The first kappa shape index (κ1) is 36.8. The number of hydrogen-bond acceptors (Lipinski definition) is 5. The maximum Gasteiger partial charge on any atom is 0.650 e. The molecule has 46 heavy (non-hydrogen) atoms. The van der Waals surface area contributed by atoms with Crippen LogP contribution in [0.5, 0.6) is 0 Å². The number of carbonyl (C=O) groups is 2. The smallest absolute Gasteiger partial charge is 0.528 e. The minimum absolute atomic E-state index is 0.138. The van der Waals surface area contributed by atoms with Gasteiger partial charge in [-0.3, -0.25) is 13.9 Å².